The predicted octanol–water partition coefficient (Wildman–Crippen LogP) is 3.54. The normalized spacial score (nSPS) is 10.7. The van der Waals surface area contributed by atoms with E-state index >= 15 is 0 Å². The highest BCUT2D eigenvalue weighted by Crippen LogP contribution is 2.22. The van der Waals surface area contributed by atoms with Crippen LogP contribution in [0.25, 0.3) is 22.0 Å². The number of thiazole rings is 1. The molecule has 0 saturated carbocycles. The number of halogens is 1. The molecule has 4 aromatic rings. The van der Waals surface area contributed by atoms with Crippen LogP contribution in [0.2, 0.25) is 5.02 Å². The van der Waals surface area contributed by atoms with E-state index < -0.39 is 11.5 Å². The van der Waals surface area contributed by atoms with Gasteiger partial charge in [0.05, 0.1) is 12.2 Å². The van der Waals surface area contributed by atoms with Crippen molar-refractivity contribution in [1.82, 2.24) is 25.3 Å². The van der Waals surface area contributed by atoms with Crippen molar-refractivity contribution in [3.05, 3.63) is 87.0 Å². The van der Waals surface area contributed by atoms with Crippen LogP contribution in [-0.2, 0) is 6.54 Å². The zero-order valence-corrected chi connectivity index (χ0v) is 16.5. The number of amides is 1. The van der Waals surface area contributed by atoms with Crippen LogP contribution < -0.4 is 10.9 Å². The van der Waals surface area contributed by atoms with Gasteiger partial charge in [-0.3, -0.25) is 14.6 Å². The van der Waals surface area contributed by atoms with Crippen LogP contribution >= 0.6 is 22.9 Å². The van der Waals surface area contributed by atoms with Crippen LogP contribution in [0.1, 0.15) is 16.1 Å². The van der Waals surface area contributed by atoms with Crippen molar-refractivity contribution in [2.24, 2.45) is 0 Å². The summed E-state index contributed by atoms with van der Waals surface area (Å²) < 4.78 is 0. The maximum Gasteiger partial charge on any atom is 0.264 e. The number of nitrogens with one attached hydrogen (secondary N) is 2. The number of carbonyl (C=O) groups is 1. The summed E-state index contributed by atoms with van der Waals surface area (Å²) >= 11 is 7.33. The molecule has 0 aliphatic heterocycles. The van der Waals surface area contributed by atoms with Crippen LogP contribution in [0.3, 0.4) is 0 Å². The van der Waals surface area contributed by atoms with Gasteiger partial charge in [0.2, 0.25) is 0 Å². The van der Waals surface area contributed by atoms with Gasteiger partial charge >= 0.3 is 0 Å². The molecule has 7 nitrogen and oxygen atoms in total. The van der Waals surface area contributed by atoms with Gasteiger partial charge in [0.15, 0.2) is 0 Å². The summed E-state index contributed by atoms with van der Waals surface area (Å²) in [5.41, 5.74) is 1.73. The Bertz CT molecular complexity index is 1210. The number of benzene rings is 1. The Morgan fingerprint density at radius 2 is 1.97 bits per heavy atom. The molecule has 3 heterocycles. The summed E-state index contributed by atoms with van der Waals surface area (Å²) in [6.45, 7) is 0.202. The van der Waals surface area contributed by atoms with Crippen molar-refractivity contribution in [1.29, 1.82) is 0 Å². The third-order valence-electron chi connectivity index (χ3n) is 4.05. The van der Waals surface area contributed by atoms with E-state index in [0.29, 0.717) is 22.1 Å². The van der Waals surface area contributed by atoms with Crippen molar-refractivity contribution in [2.45, 2.75) is 6.54 Å². The van der Waals surface area contributed by atoms with Gasteiger partial charge in [0.1, 0.15) is 16.4 Å². The second kappa shape index (κ2) is 8.34. The first-order valence-electron chi connectivity index (χ1n) is 8.58. The van der Waals surface area contributed by atoms with Crippen LogP contribution in [-0.4, -0.2) is 25.8 Å². The molecule has 3 aromatic heterocycles. The summed E-state index contributed by atoms with van der Waals surface area (Å²) in [7, 11) is 0. The number of rotatable bonds is 5. The van der Waals surface area contributed by atoms with Crippen molar-refractivity contribution < 1.29 is 4.79 Å². The van der Waals surface area contributed by atoms with Gasteiger partial charge in [0, 0.05) is 40.1 Å². The summed E-state index contributed by atoms with van der Waals surface area (Å²) in [5, 5.41) is 5.95. The second-order valence-corrected chi connectivity index (χ2v) is 7.34. The number of carbonyl (C=O) groups excluding carboxylic acids is 1. The Hall–Kier alpha value is -3.36. The van der Waals surface area contributed by atoms with Gasteiger partial charge in [-0.15, -0.1) is 11.3 Å². The molecule has 4 rings (SSSR count). The van der Waals surface area contributed by atoms with Crippen LogP contribution in [0, 0.1) is 0 Å². The molecule has 144 valence electrons. The zero-order chi connectivity index (χ0) is 20.2. The van der Waals surface area contributed by atoms with E-state index in [1.165, 1.54) is 17.5 Å². The molecule has 9 heteroatoms. The number of aromatic amines is 1. The third-order valence-corrected chi connectivity index (χ3v) is 5.24. The fourth-order valence-corrected chi connectivity index (χ4v) is 3.52. The van der Waals surface area contributed by atoms with Crippen LogP contribution in [0.4, 0.5) is 0 Å². The first kappa shape index (κ1) is 19.0. The maximum atomic E-state index is 12.4. The average Bonchev–Trinajstić information content (AvgIpc) is 3.22. The van der Waals surface area contributed by atoms with Gasteiger partial charge in [-0.2, -0.15) is 0 Å². The van der Waals surface area contributed by atoms with E-state index in [1.807, 2.05) is 17.5 Å². The SMILES string of the molecule is O=C(NCc1csc(-c2cccnc2)n1)c1cnc(-c2ccc(Cl)cc2)[nH]c1=O. The molecule has 1 amide bonds. The molecule has 0 aliphatic rings. The lowest BCUT2D eigenvalue weighted by Gasteiger charge is -2.05. The number of hydrogen-bond acceptors (Lipinski definition) is 6. The number of aromatic nitrogens is 4. The third kappa shape index (κ3) is 4.39. The molecular weight excluding hydrogens is 410 g/mol. The largest absolute Gasteiger partial charge is 0.346 e. The topological polar surface area (TPSA) is 101 Å². The summed E-state index contributed by atoms with van der Waals surface area (Å²) in [4.78, 5) is 40.1. The summed E-state index contributed by atoms with van der Waals surface area (Å²) in [5.74, 6) is -0.152. The molecule has 0 saturated heterocycles. The number of H-pyrrole nitrogens is 1. The molecule has 29 heavy (non-hydrogen) atoms. The molecular formula is C20H14ClN5O2S. The van der Waals surface area contributed by atoms with Gasteiger partial charge in [-0.25, -0.2) is 9.97 Å². The Kier molecular flexibility index (Phi) is 5.46. The average molecular weight is 424 g/mol. The highest BCUT2D eigenvalue weighted by molar-refractivity contribution is 7.13. The van der Waals surface area contributed by atoms with Crippen LogP contribution in [0.15, 0.2) is 65.2 Å². The quantitative estimate of drug-likeness (QED) is 0.511. The van der Waals surface area contributed by atoms with Crippen LogP contribution in [0.5, 0.6) is 0 Å². The molecule has 0 bridgehead atoms. The minimum atomic E-state index is -0.517. The lowest BCUT2D eigenvalue weighted by molar-refractivity contribution is 0.0948. The van der Waals surface area contributed by atoms with Gasteiger partial charge < -0.3 is 10.3 Å². The molecule has 0 aliphatic carbocycles. The van der Waals surface area contributed by atoms with Gasteiger partial charge in [-0.1, -0.05) is 11.6 Å². The molecule has 0 spiro atoms. The van der Waals surface area contributed by atoms with E-state index in [1.54, 1.807) is 36.7 Å². The minimum absolute atomic E-state index is 0.0644. The van der Waals surface area contributed by atoms with Gasteiger partial charge in [0.25, 0.3) is 11.5 Å². The second-order valence-electron chi connectivity index (χ2n) is 6.05. The fraction of sp³-hybridized carbons (Fsp3) is 0.0500. The van der Waals surface area contributed by atoms with Crippen molar-refractivity contribution in [3.8, 4) is 22.0 Å². The molecule has 0 fully saturated rings. The van der Waals surface area contributed by atoms with E-state index in [-0.39, 0.29) is 12.1 Å². The predicted molar refractivity (Wildman–Crippen MR) is 112 cm³/mol. The fourth-order valence-electron chi connectivity index (χ4n) is 2.59. The zero-order valence-electron chi connectivity index (χ0n) is 14.9. The maximum absolute atomic E-state index is 12.4. The monoisotopic (exact) mass is 423 g/mol. The number of nitrogens with zero attached hydrogens (tertiary/aromatic N) is 3. The number of hydrogen-bond donors (Lipinski definition) is 2. The Morgan fingerprint density at radius 3 is 2.69 bits per heavy atom. The van der Waals surface area contributed by atoms with E-state index in [0.717, 1.165) is 10.6 Å². The summed E-state index contributed by atoms with van der Waals surface area (Å²) in [6, 6.07) is 10.6. The molecule has 0 atom stereocenters. The van der Waals surface area contributed by atoms with Crippen molar-refractivity contribution in [2.75, 3.05) is 0 Å². The first-order valence-corrected chi connectivity index (χ1v) is 9.84. The standard InChI is InChI=1S/C20H14ClN5O2S/c21-14-5-3-12(4-6-14)17-23-10-16(19(28)26-17)18(27)24-9-15-11-29-20(25-15)13-2-1-7-22-8-13/h1-8,10-11H,9H2,(H,24,27)(H,23,26,28). The lowest BCUT2D eigenvalue weighted by Crippen LogP contribution is -2.29. The Morgan fingerprint density at radius 1 is 1.14 bits per heavy atom. The first-order chi connectivity index (χ1) is 14.1. The van der Waals surface area contributed by atoms with E-state index in [4.69, 9.17) is 11.6 Å². The van der Waals surface area contributed by atoms with Gasteiger partial charge in [-0.05, 0) is 36.4 Å². The molecule has 1 aromatic carbocycles. The molecule has 0 unspecified atom stereocenters. The summed E-state index contributed by atoms with van der Waals surface area (Å²) in [6.07, 6.45) is 4.69. The van der Waals surface area contributed by atoms with E-state index in [9.17, 15) is 9.59 Å². The smallest absolute Gasteiger partial charge is 0.264 e. The minimum Gasteiger partial charge on any atom is -0.346 e. The Labute approximate surface area is 174 Å². The Balaban J connectivity index is 1.44. The van der Waals surface area contributed by atoms with Crippen molar-refractivity contribution >= 4 is 28.8 Å². The molecule has 2 N–H and O–H groups in total. The molecule has 0 radical (unpaired) electrons. The highest BCUT2D eigenvalue weighted by atomic mass is 35.5. The van der Waals surface area contributed by atoms with E-state index in [2.05, 4.69) is 25.3 Å². The highest BCUT2D eigenvalue weighted by Gasteiger charge is 2.13. The number of pyridine rings is 1. The lowest BCUT2D eigenvalue weighted by atomic mass is 10.2. The van der Waals surface area contributed by atoms with Crippen molar-refractivity contribution in [3.63, 3.8) is 0 Å².